The Hall–Kier alpha value is 0.160. The second kappa shape index (κ2) is 5.87. The van der Waals surface area contributed by atoms with Crippen molar-refractivity contribution in [2.45, 2.75) is 18.6 Å². The van der Waals surface area contributed by atoms with E-state index in [0.29, 0.717) is 6.61 Å². The van der Waals surface area contributed by atoms with Gasteiger partial charge in [-0.1, -0.05) is 6.08 Å². The van der Waals surface area contributed by atoms with E-state index < -0.39 is 0 Å². The van der Waals surface area contributed by atoms with Crippen LogP contribution in [0, 0.1) is 0 Å². The Labute approximate surface area is 126 Å². The van der Waals surface area contributed by atoms with E-state index in [0.717, 1.165) is 25.6 Å². The smallest absolute Gasteiger partial charge is 0.121 e. The van der Waals surface area contributed by atoms with Crippen LogP contribution in [0.3, 0.4) is 0 Å². The Morgan fingerprint density at radius 2 is 1.88 bits per heavy atom. The molecule has 1 aromatic rings. The molecule has 0 aliphatic carbocycles. The highest BCUT2D eigenvalue weighted by molar-refractivity contribution is 9.14. The zero-order valence-corrected chi connectivity index (χ0v) is 13.7. The summed E-state index contributed by atoms with van der Waals surface area (Å²) in [5.74, 6) is 0.819. The maximum atomic E-state index is 5.68. The topological polar surface area (TPSA) is 21.8 Å². The van der Waals surface area contributed by atoms with Crippen molar-refractivity contribution in [1.82, 2.24) is 0 Å². The van der Waals surface area contributed by atoms with Gasteiger partial charge in [-0.3, -0.25) is 0 Å². The molecule has 2 nitrogen and oxygen atoms in total. The van der Waals surface area contributed by atoms with Gasteiger partial charge in [-0.2, -0.15) is 0 Å². The molecule has 0 N–H and O–H groups in total. The second-order valence-electron chi connectivity index (χ2n) is 3.75. The van der Waals surface area contributed by atoms with Crippen LogP contribution in [0.1, 0.15) is 6.42 Å². The molecule has 0 saturated carbocycles. The predicted molar refractivity (Wildman–Crippen MR) is 78.5 cm³/mol. The van der Waals surface area contributed by atoms with E-state index in [1.165, 1.54) is 0 Å². The molecule has 2 rings (SSSR count). The molecule has 1 aliphatic rings. The van der Waals surface area contributed by atoms with Crippen LogP contribution in [0.2, 0.25) is 0 Å². The highest BCUT2D eigenvalue weighted by atomic mass is 79.9. The van der Waals surface area contributed by atoms with Gasteiger partial charge in [-0.25, -0.2) is 0 Å². The quantitative estimate of drug-likeness (QED) is 0.387. The van der Waals surface area contributed by atoms with Crippen LogP contribution < -0.4 is 4.74 Å². The standard InChI is InChI=1S/C12H11Br3O2/c1-2-3-10-11(17-10)6-16-7-4-8(13)12(15)9(14)5-7/h2,4-5,10-11H,1,3,6H2. The summed E-state index contributed by atoms with van der Waals surface area (Å²) < 4.78 is 14.0. The Balaban J connectivity index is 1.90. The van der Waals surface area contributed by atoms with Crippen LogP contribution in [-0.4, -0.2) is 18.8 Å². The van der Waals surface area contributed by atoms with Gasteiger partial charge in [0.05, 0.1) is 6.10 Å². The number of halogens is 3. The molecule has 0 amide bonds. The monoisotopic (exact) mass is 424 g/mol. The van der Waals surface area contributed by atoms with Gasteiger partial charge in [-0.15, -0.1) is 6.58 Å². The molecule has 5 heteroatoms. The lowest BCUT2D eigenvalue weighted by Gasteiger charge is -2.07. The van der Waals surface area contributed by atoms with Crippen LogP contribution in [0.4, 0.5) is 0 Å². The van der Waals surface area contributed by atoms with Crippen molar-refractivity contribution >= 4 is 47.8 Å². The van der Waals surface area contributed by atoms with E-state index in [-0.39, 0.29) is 12.2 Å². The molecule has 17 heavy (non-hydrogen) atoms. The number of ether oxygens (including phenoxy) is 2. The normalized spacial score (nSPS) is 22.3. The molecule has 0 radical (unpaired) electrons. The van der Waals surface area contributed by atoms with Crippen LogP contribution >= 0.6 is 47.8 Å². The van der Waals surface area contributed by atoms with E-state index in [4.69, 9.17) is 9.47 Å². The molecule has 0 aromatic heterocycles. The van der Waals surface area contributed by atoms with Gasteiger partial charge in [0.15, 0.2) is 0 Å². The van der Waals surface area contributed by atoms with Crippen molar-refractivity contribution in [2.24, 2.45) is 0 Å². The number of hydrogen-bond acceptors (Lipinski definition) is 2. The van der Waals surface area contributed by atoms with Crippen molar-refractivity contribution in [2.75, 3.05) is 6.61 Å². The minimum absolute atomic E-state index is 0.203. The maximum absolute atomic E-state index is 5.68. The van der Waals surface area contributed by atoms with Crippen LogP contribution in [0.25, 0.3) is 0 Å². The number of epoxide rings is 1. The summed E-state index contributed by atoms with van der Waals surface area (Å²) in [5, 5.41) is 0. The molecule has 1 heterocycles. The predicted octanol–water partition coefficient (Wildman–Crippen LogP) is 4.70. The number of hydrogen-bond donors (Lipinski definition) is 0. The third-order valence-electron chi connectivity index (χ3n) is 2.46. The first kappa shape index (κ1) is 13.6. The summed E-state index contributed by atoms with van der Waals surface area (Å²) in [6, 6.07) is 3.86. The molecule has 2 atom stereocenters. The largest absolute Gasteiger partial charge is 0.491 e. The third-order valence-corrected chi connectivity index (χ3v) is 5.63. The Bertz CT molecular complexity index is 411. The van der Waals surface area contributed by atoms with E-state index in [1.807, 2.05) is 18.2 Å². The third kappa shape index (κ3) is 3.56. The fraction of sp³-hybridized carbons (Fsp3) is 0.333. The second-order valence-corrected chi connectivity index (χ2v) is 6.25. The van der Waals surface area contributed by atoms with E-state index in [1.54, 1.807) is 0 Å². The molecule has 1 aromatic carbocycles. The summed E-state index contributed by atoms with van der Waals surface area (Å²) in [7, 11) is 0. The summed E-state index contributed by atoms with van der Waals surface area (Å²) in [6.45, 7) is 4.27. The Morgan fingerprint density at radius 3 is 2.47 bits per heavy atom. The summed E-state index contributed by atoms with van der Waals surface area (Å²) >= 11 is 10.4. The molecule has 2 unspecified atom stereocenters. The van der Waals surface area contributed by atoms with E-state index >= 15 is 0 Å². The first-order valence-electron chi connectivity index (χ1n) is 5.15. The lowest BCUT2D eigenvalue weighted by molar-refractivity contribution is 0.260. The molecule has 1 saturated heterocycles. The summed E-state index contributed by atoms with van der Waals surface area (Å²) in [6.07, 6.45) is 3.25. The van der Waals surface area contributed by atoms with Gasteiger partial charge in [-0.05, 0) is 66.3 Å². The van der Waals surface area contributed by atoms with Gasteiger partial charge in [0, 0.05) is 13.4 Å². The summed E-state index contributed by atoms with van der Waals surface area (Å²) in [5.41, 5.74) is 0. The minimum Gasteiger partial charge on any atom is -0.491 e. The Morgan fingerprint density at radius 1 is 1.24 bits per heavy atom. The first-order valence-corrected chi connectivity index (χ1v) is 7.53. The fourth-order valence-corrected chi connectivity index (χ4v) is 2.86. The molecule has 1 aliphatic heterocycles. The molecular weight excluding hydrogens is 416 g/mol. The van der Waals surface area contributed by atoms with E-state index in [9.17, 15) is 0 Å². The maximum Gasteiger partial charge on any atom is 0.121 e. The van der Waals surface area contributed by atoms with Crippen molar-refractivity contribution in [3.8, 4) is 5.75 Å². The molecule has 1 fully saturated rings. The zero-order valence-electron chi connectivity index (χ0n) is 8.96. The van der Waals surface area contributed by atoms with Gasteiger partial charge in [0.1, 0.15) is 18.5 Å². The van der Waals surface area contributed by atoms with Crippen LogP contribution in [0.5, 0.6) is 5.75 Å². The molecule has 0 bridgehead atoms. The average molecular weight is 427 g/mol. The van der Waals surface area contributed by atoms with Crippen molar-refractivity contribution < 1.29 is 9.47 Å². The molecule has 0 spiro atoms. The van der Waals surface area contributed by atoms with Crippen LogP contribution in [-0.2, 0) is 4.74 Å². The lowest BCUT2D eigenvalue weighted by Crippen LogP contribution is -2.07. The molecule has 92 valence electrons. The van der Waals surface area contributed by atoms with Gasteiger partial charge >= 0.3 is 0 Å². The van der Waals surface area contributed by atoms with Crippen molar-refractivity contribution in [3.63, 3.8) is 0 Å². The number of rotatable bonds is 5. The summed E-state index contributed by atoms with van der Waals surface area (Å²) in [4.78, 5) is 0. The molecular formula is C12H11Br3O2. The Kier molecular flexibility index (Phi) is 4.69. The highest BCUT2D eigenvalue weighted by Crippen LogP contribution is 2.35. The lowest BCUT2D eigenvalue weighted by atomic mass is 10.2. The zero-order chi connectivity index (χ0) is 12.4. The van der Waals surface area contributed by atoms with Crippen molar-refractivity contribution in [1.29, 1.82) is 0 Å². The van der Waals surface area contributed by atoms with Crippen LogP contribution in [0.15, 0.2) is 38.2 Å². The highest BCUT2D eigenvalue weighted by Gasteiger charge is 2.38. The average Bonchev–Trinajstić information content (AvgIpc) is 3.02. The van der Waals surface area contributed by atoms with E-state index in [2.05, 4.69) is 54.4 Å². The SMILES string of the molecule is C=CCC1OC1COc1cc(Br)c(Br)c(Br)c1. The fourth-order valence-electron chi connectivity index (χ4n) is 1.49. The van der Waals surface area contributed by atoms with Crippen molar-refractivity contribution in [3.05, 3.63) is 38.2 Å². The first-order chi connectivity index (χ1) is 8.11. The number of benzene rings is 1. The van der Waals surface area contributed by atoms with Gasteiger partial charge < -0.3 is 9.47 Å². The van der Waals surface area contributed by atoms with Gasteiger partial charge in [0.2, 0.25) is 0 Å². The van der Waals surface area contributed by atoms with Gasteiger partial charge in [0.25, 0.3) is 0 Å². The minimum atomic E-state index is 0.203.